The number of phosphoric ester groups is 2. The zero-order chi connectivity index (χ0) is 73.2. The second-order valence-electron chi connectivity index (χ2n) is 24.8. The van der Waals surface area contributed by atoms with E-state index in [0.717, 1.165) is 173 Å². The van der Waals surface area contributed by atoms with E-state index in [1.54, 1.807) is 0 Å². The number of unbranched alkanes of at least 4 members (excludes halogenated alkanes) is 20. The van der Waals surface area contributed by atoms with Crippen LogP contribution < -0.4 is 0 Å². The Bertz CT molecular complexity index is 2470. The van der Waals surface area contributed by atoms with Crippen LogP contribution in [0.3, 0.4) is 0 Å². The van der Waals surface area contributed by atoms with Gasteiger partial charge in [0.25, 0.3) is 0 Å². The molecule has 0 saturated carbocycles. The van der Waals surface area contributed by atoms with Crippen molar-refractivity contribution in [3.8, 4) is 0 Å². The molecule has 0 aromatic heterocycles. The van der Waals surface area contributed by atoms with Crippen molar-refractivity contribution in [2.45, 2.75) is 303 Å². The molecule has 0 aliphatic rings. The Kier molecular flexibility index (Phi) is 68.6. The van der Waals surface area contributed by atoms with Crippen LogP contribution in [-0.2, 0) is 65.4 Å². The highest BCUT2D eigenvalue weighted by Crippen LogP contribution is 2.45. The van der Waals surface area contributed by atoms with Gasteiger partial charge in [0.05, 0.1) is 26.4 Å². The number of esters is 4. The highest BCUT2D eigenvalue weighted by atomic mass is 31.2. The summed E-state index contributed by atoms with van der Waals surface area (Å²) in [6, 6.07) is 0. The molecule has 5 unspecified atom stereocenters. The first kappa shape index (κ1) is 94.9. The van der Waals surface area contributed by atoms with Gasteiger partial charge in [-0.25, -0.2) is 9.13 Å². The molecule has 19 heteroatoms. The minimum absolute atomic E-state index is 0.0661. The predicted octanol–water partition coefficient (Wildman–Crippen LogP) is 21.9. The van der Waals surface area contributed by atoms with Crippen LogP contribution in [0.2, 0.25) is 0 Å². The van der Waals surface area contributed by atoms with Gasteiger partial charge in [0, 0.05) is 25.7 Å². The number of carbonyl (C=O) groups excluding carboxylic acids is 4. The van der Waals surface area contributed by atoms with Gasteiger partial charge in [-0.05, 0) is 161 Å². The van der Waals surface area contributed by atoms with E-state index >= 15 is 0 Å². The van der Waals surface area contributed by atoms with Gasteiger partial charge in [-0.15, -0.1) is 0 Å². The predicted molar refractivity (Wildman–Crippen MR) is 408 cm³/mol. The molecular weight excluding hydrogens is 1310 g/mol. The van der Waals surface area contributed by atoms with Crippen LogP contribution in [0.1, 0.15) is 285 Å². The quantitative estimate of drug-likeness (QED) is 0.0169. The SMILES string of the molecule is CC/C=C\C/C=C\C/C=C\C/C=C\C/C=C\CCCCCC(=O)OCC(COP(=O)(O)OCC(O)COP(=O)(O)OCC(COC(=O)CCCC/C=C\C/C=C\C/C=C\C/C=C\CC)OC(=O)CCCCCCC/C=C\CCCC)OC(=O)CCCCCCC/C=C\C/C=C\CCCCC. The maximum absolute atomic E-state index is 13.1. The lowest BCUT2D eigenvalue weighted by molar-refractivity contribution is -0.161. The molecular formula is C81H134O17P2. The summed E-state index contributed by atoms with van der Waals surface area (Å²) in [4.78, 5) is 72.8. The standard InChI is InChI=1S/C81H134O17P2/c1-5-9-13-17-21-25-29-32-35-36-37-38-41-43-47-50-54-58-62-66-79(84)92-72-77(98-81(86)68-64-60-56-52-48-44-40-34-31-27-23-19-15-11-7-3)74-96-100(89,90)94-70-75(82)69-93-99(87,88)95-73-76(97-80(85)67-63-59-55-51-45-28-24-20-16-12-8-4)71-91-78(83)65-61-57-53-49-46-42-39-33-30-26-22-18-14-10-6-2/h9-10,13-14,20-27,32-35,37-40,43,46-47,49,75-77,82H,5-8,11-12,15-19,28-31,36,41-42,44-45,48,50-74H2,1-4H3,(H,87,88)(H,89,90)/b13-9-,14-10-,24-20-,25-21-,26-22-,27-23-,35-32-,38-37-,39-33-,40-34-,47-43-,49-46-. The topological polar surface area (TPSA) is 237 Å². The van der Waals surface area contributed by atoms with Crippen LogP contribution in [0, 0.1) is 0 Å². The van der Waals surface area contributed by atoms with Gasteiger partial charge >= 0.3 is 39.5 Å². The van der Waals surface area contributed by atoms with Gasteiger partial charge in [-0.2, -0.15) is 0 Å². The lowest BCUT2D eigenvalue weighted by Crippen LogP contribution is -2.30. The Morgan fingerprint density at radius 1 is 0.290 bits per heavy atom. The smallest absolute Gasteiger partial charge is 0.462 e. The van der Waals surface area contributed by atoms with E-state index in [-0.39, 0.29) is 25.7 Å². The van der Waals surface area contributed by atoms with E-state index in [2.05, 4.69) is 174 Å². The molecule has 3 N–H and O–H groups in total. The Morgan fingerprint density at radius 3 is 0.870 bits per heavy atom. The lowest BCUT2D eigenvalue weighted by Gasteiger charge is -2.21. The van der Waals surface area contributed by atoms with E-state index < -0.39 is 97.5 Å². The number of ether oxygens (including phenoxy) is 4. The lowest BCUT2D eigenvalue weighted by atomic mass is 10.1. The van der Waals surface area contributed by atoms with Gasteiger partial charge in [0.2, 0.25) is 0 Å². The molecule has 0 aliphatic heterocycles. The van der Waals surface area contributed by atoms with Crippen molar-refractivity contribution in [2.24, 2.45) is 0 Å². The van der Waals surface area contributed by atoms with E-state index in [4.69, 9.17) is 37.0 Å². The first-order valence-electron chi connectivity index (χ1n) is 38.1. The summed E-state index contributed by atoms with van der Waals surface area (Å²) >= 11 is 0. The maximum atomic E-state index is 13.1. The molecule has 0 radical (unpaired) electrons. The number of rotatable bonds is 70. The van der Waals surface area contributed by atoms with Crippen molar-refractivity contribution in [2.75, 3.05) is 39.6 Å². The third-order valence-corrected chi connectivity index (χ3v) is 17.2. The molecule has 0 amide bonds. The molecule has 0 aliphatic carbocycles. The number of phosphoric acid groups is 2. The largest absolute Gasteiger partial charge is 0.472 e. The molecule has 0 spiro atoms. The van der Waals surface area contributed by atoms with Gasteiger partial charge in [0.15, 0.2) is 12.2 Å². The minimum Gasteiger partial charge on any atom is -0.462 e. The summed E-state index contributed by atoms with van der Waals surface area (Å²) in [7, 11) is -9.98. The number of hydrogen-bond donors (Lipinski definition) is 3. The summed E-state index contributed by atoms with van der Waals surface area (Å²) in [5.74, 6) is -2.29. The number of hydrogen-bond acceptors (Lipinski definition) is 15. The fourth-order valence-corrected chi connectivity index (χ4v) is 11.1. The molecule has 100 heavy (non-hydrogen) atoms. The molecule has 17 nitrogen and oxygen atoms in total. The normalized spacial score (nSPS) is 14.8. The van der Waals surface area contributed by atoms with Crippen LogP contribution in [0.4, 0.5) is 0 Å². The van der Waals surface area contributed by atoms with Gasteiger partial charge in [-0.3, -0.25) is 37.3 Å². The Morgan fingerprint density at radius 2 is 0.530 bits per heavy atom. The molecule has 0 fully saturated rings. The molecule has 0 heterocycles. The number of aliphatic hydroxyl groups is 1. The Hall–Kier alpha value is -5.06. The van der Waals surface area contributed by atoms with E-state index in [9.17, 15) is 43.2 Å². The van der Waals surface area contributed by atoms with Crippen molar-refractivity contribution in [3.63, 3.8) is 0 Å². The van der Waals surface area contributed by atoms with Crippen molar-refractivity contribution < 1.29 is 80.2 Å². The summed E-state index contributed by atoms with van der Waals surface area (Å²) < 4.78 is 68.4. The molecule has 0 rings (SSSR count). The highest BCUT2D eigenvalue weighted by Gasteiger charge is 2.30. The molecule has 0 bridgehead atoms. The molecule has 5 atom stereocenters. The summed E-state index contributed by atoms with van der Waals surface area (Å²) in [6.45, 7) is 4.45. The first-order chi connectivity index (χ1) is 48.7. The fraction of sp³-hybridized carbons (Fsp3) is 0.654. The Labute approximate surface area is 605 Å². The third-order valence-electron chi connectivity index (χ3n) is 15.3. The summed E-state index contributed by atoms with van der Waals surface area (Å²) in [6.07, 6.45) is 81.3. The van der Waals surface area contributed by atoms with Gasteiger partial charge in [-0.1, -0.05) is 244 Å². The second kappa shape index (κ2) is 72.3. The van der Waals surface area contributed by atoms with Crippen molar-refractivity contribution in [3.05, 3.63) is 146 Å². The zero-order valence-electron chi connectivity index (χ0n) is 62.1. The zero-order valence-corrected chi connectivity index (χ0v) is 63.9. The second-order valence-corrected chi connectivity index (χ2v) is 27.7. The maximum Gasteiger partial charge on any atom is 0.472 e. The highest BCUT2D eigenvalue weighted by molar-refractivity contribution is 7.47. The number of allylic oxidation sites excluding steroid dienone is 24. The first-order valence-corrected chi connectivity index (χ1v) is 41.1. The van der Waals surface area contributed by atoms with Gasteiger partial charge in [0.1, 0.15) is 19.3 Å². The average molecular weight is 1440 g/mol. The monoisotopic (exact) mass is 1440 g/mol. The molecule has 0 saturated heterocycles. The fourth-order valence-electron chi connectivity index (χ4n) is 9.48. The van der Waals surface area contributed by atoms with Crippen molar-refractivity contribution in [1.29, 1.82) is 0 Å². The van der Waals surface area contributed by atoms with E-state index in [0.29, 0.717) is 25.7 Å². The van der Waals surface area contributed by atoms with Crippen molar-refractivity contribution >= 4 is 39.5 Å². The third kappa shape index (κ3) is 71.3. The minimum atomic E-state index is -4.99. The van der Waals surface area contributed by atoms with Gasteiger partial charge < -0.3 is 33.8 Å². The van der Waals surface area contributed by atoms with Crippen LogP contribution in [0.15, 0.2) is 146 Å². The van der Waals surface area contributed by atoms with E-state index in [1.165, 1.54) is 32.1 Å². The van der Waals surface area contributed by atoms with Crippen LogP contribution in [0.25, 0.3) is 0 Å². The van der Waals surface area contributed by atoms with Crippen LogP contribution in [-0.4, -0.2) is 96.7 Å². The molecule has 0 aromatic carbocycles. The molecule has 570 valence electrons. The Balaban J connectivity index is 5.42. The van der Waals surface area contributed by atoms with E-state index in [1.807, 2.05) is 0 Å². The number of aliphatic hydroxyl groups excluding tert-OH is 1. The number of carbonyl (C=O) groups is 4. The van der Waals surface area contributed by atoms with Crippen molar-refractivity contribution in [1.82, 2.24) is 0 Å². The summed E-state index contributed by atoms with van der Waals surface area (Å²) in [5.41, 5.74) is 0. The average Bonchev–Trinajstić information content (AvgIpc) is 0.985. The van der Waals surface area contributed by atoms with Crippen LogP contribution >= 0.6 is 15.6 Å². The summed E-state index contributed by atoms with van der Waals surface area (Å²) in [5, 5.41) is 10.6. The molecule has 0 aromatic rings. The van der Waals surface area contributed by atoms with Crippen LogP contribution in [0.5, 0.6) is 0 Å².